The molecule has 3 N–H and O–H groups in total. The summed E-state index contributed by atoms with van der Waals surface area (Å²) in [7, 11) is 0. The summed E-state index contributed by atoms with van der Waals surface area (Å²) in [4.78, 5) is 41.7. The summed E-state index contributed by atoms with van der Waals surface area (Å²) < 4.78 is 20.2. The Balaban J connectivity index is 1.39. The second kappa shape index (κ2) is 14.9. The molecule has 0 aromatic heterocycles. The lowest BCUT2D eigenvalue weighted by Gasteiger charge is -2.52. The van der Waals surface area contributed by atoms with E-state index in [2.05, 4.69) is 38.4 Å². The van der Waals surface area contributed by atoms with Crippen molar-refractivity contribution in [3.05, 3.63) is 99.3 Å². The molecule has 252 valence electrons. The first kappa shape index (κ1) is 35.1. The summed E-state index contributed by atoms with van der Waals surface area (Å²) in [5, 5.41) is 16.3. The van der Waals surface area contributed by atoms with Crippen molar-refractivity contribution < 1.29 is 28.6 Å². The van der Waals surface area contributed by atoms with Crippen molar-refractivity contribution in [1.82, 2.24) is 15.5 Å². The van der Waals surface area contributed by atoms with Crippen molar-refractivity contribution in [2.75, 3.05) is 19.7 Å². The SMILES string of the molecule is Cc1ccccc1CCNC(=O)C12CC#CC(CN(C(=O)CCC(C)(C)C(=O)O)C1c1ccc(CCOc3cc(F)ccc3Br)cc1)N2. The fourth-order valence-corrected chi connectivity index (χ4v) is 6.65. The fraction of sp³-hybridized carbons (Fsp3) is 0.395. The van der Waals surface area contributed by atoms with Crippen LogP contribution in [0.25, 0.3) is 0 Å². The van der Waals surface area contributed by atoms with Crippen LogP contribution in [0.1, 0.15) is 61.4 Å². The van der Waals surface area contributed by atoms with Gasteiger partial charge in [-0.2, -0.15) is 0 Å². The molecule has 8 nitrogen and oxygen atoms in total. The van der Waals surface area contributed by atoms with E-state index in [0.29, 0.717) is 36.2 Å². The summed E-state index contributed by atoms with van der Waals surface area (Å²) in [5.41, 5.74) is 1.73. The number of nitrogens with zero attached hydrogens (tertiary/aromatic N) is 1. The molecule has 2 aliphatic rings. The van der Waals surface area contributed by atoms with Crippen LogP contribution >= 0.6 is 15.9 Å². The Hall–Kier alpha value is -4.20. The summed E-state index contributed by atoms with van der Waals surface area (Å²) in [6.07, 6.45) is 1.59. The van der Waals surface area contributed by atoms with E-state index >= 15 is 0 Å². The van der Waals surface area contributed by atoms with Crippen molar-refractivity contribution in [3.63, 3.8) is 0 Å². The second-order valence-electron chi connectivity index (χ2n) is 13.2. The molecule has 48 heavy (non-hydrogen) atoms. The van der Waals surface area contributed by atoms with E-state index in [4.69, 9.17) is 4.74 Å². The first-order valence-electron chi connectivity index (χ1n) is 16.2. The molecule has 5 rings (SSSR count). The predicted octanol–water partition coefficient (Wildman–Crippen LogP) is 5.76. The van der Waals surface area contributed by atoms with E-state index in [1.807, 2.05) is 55.5 Å². The van der Waals surface area contributed by atoms with E-state index in [1.54, 1.807) is 24.8 Å². The third-order valence-electron chi connectivity index (χ3n) is 9.28. The minimum Gasteiger partial charge on any atom is -0.492 e. The van der Waals surface area contributed by atoms with Gasteiger partial charge in [0.25, 0.3) is 0 Å². The molecule has 0 spiro atoms. The fourth-order valence-electron chi connectivity index (χ4n) is 6.29. The van der Waals surface area contributed by atoms with E-state index in [9.17, 15) is 23.9 Å². The molecule has 3 aromatic carbocycles. The van der Waals surface area contributed by atoms with Crippen LogP contribution in [0.3, 0.4) is 0 Å². The van der Waals surface area contributed by atoms with Crippen molar-refractivity contribution in [2.45, 2.75) is 70.5 Å². The summed E-state index contributed by atoms with van der Waals surface area (Å²) in [6.45, 7) is 6.26. The van der Waals surface area contributed by atoms with Gasteiger partial charge in [-0.15, -0.1) is 0 Å². The number of piperazine rings is 1. The zero-order valence-electron chi connectivity index (χ0n) is 27.4. The summed E-state index contributed by atoms with van der Waals surface area (Å²) in [5.74, 6) is 4.95. The van der Waals surface area contributed by atoms with Gasteiger partial charge in [0.05, 0.1) is 28.6 Å². The van der Waals surface area contributed by atoms with E-state index in [-0.39, 0.29) is 43.4 Å². The number of aryl methyl sites for hydroxylation is 1. The van der Waals surface area contributed by atoms with Gasteiger partial charge in [0, 0.05) is 38.4 Å². The Kier molecular flexibility index (Phi) is 10.9. The number of amides is 2. The number of rotatable bonds is 13. The molecule has 1 saturated heterocycles. The average Bonchev–Trinajstić information content (AvgIpc) is 3.06. The largest absolute Gasteiger partial charge is 0.492 e. The predicted molar refractivity (Wildman–Crippen MR) is 185 cm³/mol. The maximum atomic E-state index is 14.3. The average molecular weight is 719 g/mol. The van der Waals surface area contributed by atoms with Gasteiger partial charge in [-0.3, -0.25) is 19.7 Å². The van der Waals surface area contributed by atoms with Crippen LogP contribution in [0, 0.1) is 30.0 Å². The first-order chi connectivity index (χ1) is 22.9. The second-order valence-corrected chi connectivity index (χ2v) is 14.0. The van der Waals surface area contributed by atoms with Crippen LogP contribution in [0.15, 0.2) is 71.2 Å². The maximum absolute atomic E-state index is 14.3. The monoisotopic (exact) mass is 717 g/mol. The van der Waals surface area contributed by atoms with Gasteiger partial charge in [0.2, 0.25) is 11.8 Å². The van der Waals surface area contributed by atoms with E-state index in [0.717, 1.165) is 22.3 Å². The molecule has 2 amide bonds. The number of nitrogens with one attached hydrogen (secondary N) is 2. The van der Waals surface area contributed by atoms with Gasteiger partial charge in [-0.05, 0) is 83.9 Å². The van der Waals surface area contributed by atoms with Crippen LogP contribution in [-0.2, 0) is 27.2 Å². The third-order valence-corrected chi connectivity index (χ3v) is 9.93. The minimum atomic E-state index is -1.22. The lowest BCUT2D eigenvalue weighted by atomic mass is 9.75. The summed E-state index contributed by atoms with van der Waals surface area (Å²) >= 11 is 3.38. The lowest BCUT2D eigenvalue weighted by Crippen LogP contribution is -2.73. The standard InChI is InChI=1S/C38H41BrFN3O5/c1-25-7-4-5-8-27(25)17-21-41-35(45)38-19-6-9-30(42-38)24-43(33(44)16-20-37(2,3)36(46)47)34(38)28-12-10-26(11-13-28)18-22-48-32-23-29(40)14-15-31(32)39/h4-5,7-8,10-15,23,30,34,42H,16-22,24H2,1-3H3,(H,41,45)(H,46,47). The summed E-state index contributed by atoms with van der Waals surface area (Å²) in [6, 6.07) is 19.0. The van der Waals surface area contributed by atoms with E-state index < -0.39 is 29.0 Å². The number of carbonyl (C=O) groups is 3. The molecule has 0 radical (unpaired) electrons. The molecular weight excluding hydrogens is 677 g/mol. The number of carbonyl (C=O) groups excluding carboxylic acids is 2. The molecule has 2 bridgehead atoms. The first-order valence-corrected chi connectivity index (χ1v) is 17.0. The number of carboxylic acid groups (broad SMARTS) is 1. The zero-order valence-corrected chi connectivity index (χ0v) is 29.0. The molecule has 0 saturated carbocycles. The van der Waals surface area contributed by atoms with Crippen LogP contribution in [0.4, 0.5) is 4.39 Å². The maximum Gasteiger partial charge on any atom is 0.309 e. The van der Waals surface area contributed by atoms with Gasteiger partial charge in [-0.1, -0.05) is 60.4 Å². The number of benzene rings is 3. The van der Waals surface area contributed by atoms with Crippen LogP contribution in [-0.4, -0.2) is 59.1 Å². The zero-order chi connectivity index (χ0) is 34.5. The van der Waals surface area contributed by atoms with Gasteiger partial charge in [0.15, 0.2) is 0 Å². The van der Waals surface area contributed by atoms with Gasteiger partial charge < -0.3 is 20.1 Å². The Morgan fingerprint density at radius 1 is 1.12 bits per heavy atom. The van der Waals surface area contributed by atoms with Crippen LogP contribution < -0.4 is 15.4 Å². The van der Waals surface area contributed by atoms with Crippen molar-refractivity contribution >= 4 is 33.7 Å². The highest BCUT2D eigenvalue weighted by Gasteiger charge is 2.55. The number of hydrogen-bond donors (Lipinski definition) is 3. The lowest BCUT2D eigenvalue weighted by molar-refractivity contribution is -0.148. The number of hydrogen-bond acceptors (Lipinski definition) is 5. The topological polar surface area (TPSA) is 108 Å². The normalized spacial score (nSPS) is 20.0. The molecule has 2 aliphatic heterocycles. The molecule has 3 aromatic rings. The molecule has 1 fully saturated rings. The smallest absolute Gasteiger partial charge is 0.309 e. The number of halogens is 2. The molecule has 2 heterocycles. The van der Waals surface area contributed by atoms with Crippen molar-refractivity contribution in [1.29, 1.82) is 0 Å². The Bertz CT molecular complexity index is 1730. The Morgan fingerprint density at radius 3 is 2.60 bits per heavy atom. The highest BCUT2D eigenvalue weighted by Crippen LogP contribution is 2.41. The molecule has 10 heteroatoms. The number of carboxylic acids is 1. The van der Waals surface area contributed by atoms with E-state index in [1.165, 1.54) is 12.1 Å². The van der Waals surface area contributed by atoms with Gasteiger partial charge in [0.1, 0.15) is 17.1 Å². The van der Waals surface area contributed by atoms with Crippen molar-refractivity contribution in [3.8, 4) is 17.6 Å². The van der Waals surface area contributed by atoms with Gasteiger partial charge in [-0.25, -0.2) is 4.39 Å². The quantitative estimate of drug-likeness (QED) is 0.194. The highest BCUT2D eigenvalue weighted by molar-refractivity contribution is 9.10. The van der Waals surface area contributed by atoms with Gasteiger partial charge >= 0.3 is 5.97 Å². The van der Waals surface area contributed by atoms with Crippen LogP contribution in [0.2, 0.25) is 0 Å². The number of fused-ring (bicyclic) bond motifs is 2. The van der Waals surface area contributed by atoms with Crippen molar-refractivity contribution in [2.24, 2.45) is 5.41 Å². The number of ether oxygens (including phenoxy) is 1. The molecule has 3 unspecified atom stereocenters. The molecule has 3 atom stereocenters. The minimum absolute atomic E-state index is 0.0198. The highest BCUT2D eigenvalue weighted by atomic mass is 79.9. The number of aliphatic carboxylic acids is 1. The Labute approximate surface area is 289 Å². The Morgan fingerprint density at radius 2 is 1.88 bits per heavy atom. The van der Waals surface area contributed by atoms with Crippen LogP contribution in [0.5, 0.6) is 5.75 Å². The third kappa shape index (κ3) is 7.91. The molecular formula is C38H41BrFN3O5. The molecule has 0 aliphatic carbocycles.